The number of likely N-dealkylation sites (N-methyl/N-ethyl adjacent to an activating group) is 1. The first-order chi connectivity index (χ1) is 16.8. The van der Waals surface area contributed by atoms with Crippen molar-refractivity contribution in [1.29, 1.82) is 0 Å². The molecule has 1 heterocycles. The number of halogens is 2. The Labute approximate surface area is 207 Å². The van der Waals surface area contributed by atoms with Crippen molar-refractivity contribution < 1.29 is 28.2 Å². The molecule has 0 saturated heterocycles. The monoisotopic (exact) mass is 498 g/mol. The average Bonchev–Trinajstić information content (AvgIpc) is 2.85. The van der Waals surface area contributed by atoms with Crippen molar-refractivity contribution in [2.24, 2.45) is 0 Å². The first-order valence-corrected chi connectivity index (χ1v) is 11.1. The van der Waals surface area contributed by atoms with E-state index >= 15 is 0 Å². The van der Waals surface area contributed by atoms with Gasteiger partial charge in [-0.15, -0.1) is 0 Å². The Morgan fingerprint density at radius 1 is 0.943 bits per heavy atom. The van der Waals surface area contributed by atoms with Crippen LogP contribution in [0.4, 0.5) is 10.1 Å². The van der Waals surface area contributed by atoms with E-state index in [-0.39, 0.29) is 17.0 Å². The molecule has 3 aromatic carbocycles. The van der Waals surface area contributed by atoms with Crippen molar-refractivity contribution in [3.8, 4) is 17.2 Å². The second-order valence-corrected chi connectivity index (χ2v) is 8.40. The van der Waals surface area contributed by atoms with Crippen LogP contribution in [-0.4, -0.2) is 45.1 Å². The molecule has 9 heteroatoms. The van der Waals surface area contributed by atoms with Gasteiger partial charge >= 0.3 is 0 Å². The SMILES string of the molecule is COc1ccc(NC(=O)C2c3cc(OC)c(OC)cc3C(=O)N(C)C2c2ccccc2F)cc1Cl. The van der Waals surface area contributed by atoms with E-state index in [9.17, 15) is 14.0 Å². The molecule has 1 aliphatic heterocycles. The molecule has 0 aromatic heterocycles. The van der Waals surface area contributed by atoms with E-state index in [0.717, 1.165) is 0 Å². The Balaban J connectivity index is 1.87. The summed E-state index contributed by atoms with van der Waals surface area (Å²) in [5.41, 5.74) is 1.31. The predicted molar refractivity (Wildman–Crippen MR) is 130 cm³/mol. The standard InChI is InChI=1S/C26H24ClFN2O5/c1-30-24(15-7-5-6-8-19(15)28)23(25(31)29-14-9-10-20(33-2)18(27)11-14)16-12-21(34-3)22(35-4)13-17(16)26(30)32/h5-13,23-24H,1-4H3,(H,29,31). The number of rotatable bonds is 6. The second kappa shape index (κ2) is 9.84. The van der Waals surface area contributed by atoms with Crippen LogP contribution in [0.2, 0.25) is 5.02 Å². The molecular weight excluding hydrogens is 475 g/mol. The molecule has 35 heavy (non-hydrogen) atoms. The Bertz CT molecular complexity index is 1300. The molecule has 7 nitrogen and oxygen atoms in total. The lowest BCUT2D eigenvalue weighted by Crippen LogP contribution is -2.44. The van der Waals surface area contributed by atoms with Crippen LogP contribution in [0.25, 0.3) is 0 Å². The van der Waals surface area contributed by atoms with Crippen LogP contribution in [0.3, 0.4) is 0 Å². The third-order valence-electron chi connectivity index (χ3n) is 6.10. The van der Waals surface area contributed by atoms with Gasteiger partial charge in [-0.1, -0.05) is 29.8 Å². The van der Waals surface area contributed by atoms with E-state index in [1.54, 1.807) is 49.5 Å². The summed E-state index contributed by atoms with van der Waals surface area (Å²) in [5.74, 6) is -1.16. The van der Waals surface area contributed by atoms with Gasteiger partial charge in [0.05, 0.1) is 38.3 Å². The summed E-state index contributed by atoms with van der Waals surface area (Å²) in [6, 6.07) is 13.1. The Morgan fingerprint density at radius 2 is 1.60 bits per heavy atom. The van der Waals surface area contributed by atoms with Crippen LogP contribution in [0.5, 0.6) is 17.2 Å². The topological polar surface area (TPSA) is 77.1 Å². The number of carbonyl (C=O) groups is 2. The number of fused-ring (bicyclic) bond motifs is 1. The fraction of sp³-hybridized carbons (Fsp3) is 0.231. The highest BCUT2D eigenvalue weighted by Crippen LogP contribution is 2.46. The molecule has 2 amide bonds. The van der Waals surface area contributed by atoms with Crippen LogP contribution in [0, 0.1) is 5.82 Å². The summed E-state index contributed by atoms with van der Waals surface area (Å²) in [6.45, 7) is 0. The molecule has 0 fully saturated rings. The number of amides is 2. The number of carbonyl (C=O) groups excluding carboxylic acids is 2. The van der Waals surface area contributed by atoms with Crippen molar-refractivity contribution >= 4 is 29.1 Å². The molecule has 3 aromatic rings. The number of ether oxygens (including phenoxy) is 3. The van der Waals surface area contributed by atoms with Gasteiger partial charge in [-0.3, -0.25) is 9.59 Å². The number of hydrogen-bond acceptors (Lipinski definition) is 5. The molecule has 1 N–H and O–H groups in total. The Kier molecular flexibility index (Phi) is 6.84. The van der Waals surface area contributed by atoms with Gasteiger partial charge in [-0.25, -0.2) is 4.39 Å². The summed E-state index contributed by atoms with van der Waals surface area (Å²) < 4.78 is 30.9. The van der Waals surface area contributed by atoms with Gasteiger partial charge in [-0.05, 0) is 42.0 Å². The van der Waals surface area contributed by atoms with Crippen LogP contribution in [0.1, 0.15) is 33.4 Å². The molecule has 182 valence electrons. The summed E-state index contributed by atoms with van der Waals surface area (Å²) in [5, 5.41) is 3.17. The van der Waals surface area contributed by atoms with Gasteiger partial charge in [0.2, 0.25) is 5.91 Å². The van der Waals surface area contributed by atoms with Gasteiger partial charge in [0, 0.05) is 23.9 Å². The summed E-state index contributed by atoms with van der Waals surface area (Å²) in [6.07, 6.45) is 0. The molecule has 2 unspecified atom stereocenters. The number of methoxy groups -OCH3 is 3. The van der Waals surface area contributed by atoms with E-state index in [0.29, 0.717) is 33.5 Å². The highest BCUT2D eigenvalue weighted by atomic mass is 35.5. The van der Waals surface area contributed by atoms with Crippen molar-refractivity contribution in [3.05, 3.63) is 82.1 Å². The van der Waals surface area contributed by atoms with E-state index < -0.39 is 23.7 Å². The van der Waals surface area contributed by atoms with Gasteiger partial charge < -0.3 is 24.4 Å². The number of benzene rings is 3. The van der Waals surface area contributed by atoms with Crippen molar-refractivity contribution in [2.45, 2.75) is 12.0 Å². The fourth-order valence-corrected chi connectivity index (χ4v) is 4.66. The first-order valence-electron chi connectivity index (χ1n) is 10.7. The lowest BCUT2D eigenvalue weighted by atomic mass is 9.79. The number of nitrogens with one attached hydrogen (secondary N) is 1. The number of hydrogen-bond donors (Lipinski definition) is 1. The maximum absolute atomic E-state index is 15.0. The molecule has 1 aliphatic rings. The molecule has 0 bridgehead atoms. The largest absolute Gasteiger partial charge is 0.495 e. The Hall–Kier alpha value is -3.78. The Morgan fingerprint density at radius 3 is 2.23 bits per heavy atom. The summed E-state index contributed by atoms with van der Waals surface area (Å²) >= 11 is 6.23. The third kappa shape index (κ3) is 4.37. The van der Waals surface area contributed by atoms with E-state index in [1.165, 1.54) is 38.4 Å². The molecule has 0 spiro atoms. The number of nitrogens with zero attached hydrogens (tertiary/aromatic N) is 1. The van der Waals surface area contributed by atoms with E-state index in [4.69, 9.17) is 25.8 Å². The van der Waals surface area contributed by atoms with E-state index in [1.807, 2.05) is 0 Å². The smallest absolute Gasteiger partial charge is 0.254 e. The molecular formula is C26H24ClFN2O5. The highest BCUT2D eigenvalue weighted by molar-refractivity contribution is 6.32. The van der Waals surface area contributed by atoms with Gasteiger partial charge in [0.15, 0.2) is 11.5 Å². The minimum absolute atomic E-state index is 0.219. The molecule has 2 atom stereocenters. The molecule has 0 aliphatic carbocycles. The predicted octanol–water partition coefficient (Wildman–Crippen LogP) is 5.05. The minimum atomic E-state index is -0.967. The zero-order valence-corrected chi connectivity index (χ0v) is 20.4. The second-order valence-electron chi connectivity index (χ2n) is 7.99. The normalized spacial score (nSPS) is 17.0. The van der Waals surface area contributed by atoms with Crippen LogP contribution < -0.4 is 19.5 Å². The van der Waals surface area contributed by atoms with Crippen LogP contribution >= 0.6 is 11.6 Å². The maximum Gasteiger partial charge on any atom is 0.254 e. The zero-order valence-electron chi connectivity index (χ0n) is 19.6. The van der Waals surface area contributed by atoms with Crippen LogP contribution in [-0.2, 0) is 4.79 Å². The van der Waals surface area contributed by atoms with Gasteiger partial charge in [0.25, 0.3) is 5.91 Å². The molecule has 0 saturated carbocycles. The third-order valence-corrected chi connectivity index (χ3v) is 6.40. The zero-order chi connectivity index (χ0) is 25.3. The van der Waals surface area contributed by atoms with Gasteiger partial charge in [-0.2, -0.15) is 0 Å². The quantitative estimate of drug-likeness (QED) is 0.514. The van der Waals surface area contributed by atoms with Crippen LogP contribution in [0.15, 0.2) is 54.6 Å². The average molecular weight is 499 g/mol. The molecule has 4 rings (SSSR count). The summed E-state index contributed by atoms with van der Waals surface area (Å²) in [4.78, 5) is 28.5. The summed E-state index contributed by atoms with van der Waals surface area (Å²) in [7, 11) is 5.96. The van der Waals surface area contributed by atoms with Crippen molar-refractivity contribution in [3.63, 3.8) is 0 Å². The van der Waals surface area contributed by atoms with Gasteiger partial charge in [0.1, 0.15) is 11.6 Å². The minimum Gasteiger partial charge on any atom is -0.495 e. The maximum atomic E-state index is 15.0. The highest BCUT2D eigenvalue weighted by Gasteiger charge is 2.44. The lowest BCUT2D eigenvalue weighted by Gasteiger charge is -2.40. The molecule has 0 radical (unpaired) electrons. The van der Waals surface area contributed by atoms with Crippen molar-refractivity contribution in [1.82, 2.24) is 4.90 Å². The first kappa shape index (κ1) is 24.3. The van der Waals surface area contributed by atoms with E-state index in [2.05, 4.69) is 5.32 Å². The lowest BCUT2D eigenvalue weighted by molar-refractivity contribution is -0.119. The number of anilines is 1. The van der Waals surface area contributed by atoms with Crippen molar-refractivity contribution in [2.75, 3.05) is 33.7 Å². The fourth-order valence-electron chi connectivity index (χ4n) is 4.40.